The van der Waals surface area contributed by atoms with Crippen LogP contribution < -0.4 is 10.5 Å². The number of nitrogens with one attached hydrogen (secondary N) is 1. The van der Waals surface area contributed by atoms with E-state index in [4.69, 9.17) is 15.9 Å². The van der Waals surface area contributed by atoms with E-state index in [1.54, 1.807) is 0 Å². The largest absolute Gasteiger partial charge is 0.436 e. The normalized spacial score (nSPS) is 11.2. The summed E-state index contributed by atoms with van der Waals surface area (Å²) in [5.41, 5.74) is 4.43. The van der Waals surface area contributed by atoms with E-state index in [1.165, 1.54) is 24.4 Å². The topological polar surface area (TPSA) is 84.9 Å². The minimum absolute atomic E-state index is 0.0666. The molecule has 0 bridgehead atoms. The summed E-state index contributed by atoms with van der Waals surface area (Å²) in [6.07, 6.45) is -3.30. The van der Waals surface area contributed by atoms with Crippen molar-refractivity contribution in [3.63, 3.8) is 0 Å². The first-order valence-corrected chi connectivity index (χ1v) is 5.40. The maximum Gasteiger partial charge on any atom is 0.419 e. The van der Waals surface area contributed by atoms with Gasteiger partial charge in [-0.25, -0.2) is 0 Å². The highest BCUT2D eigenvalue weighted by Crippen LogP contribution is 2.37. The van der Waals surface area contributed by atoms with Crippen molar-refractivity contribution >= 4 is 5.84 Å². The van der Waals surface area contributed by atoms with Gasteiger partial charge in [-0.1, -0.05) is 12.1 Å². The third-order valence-corrected chi connectivity index (χ3v) is 2.38. The van der Waals surface area contributed by atoms with Crippen molar-refractivity contribution in [1.82, 2.24) is 10.2 Å². The van der Waals surface area contributed by atoms with Crippen molar-refractivity contribution < 1.29 is 17.9 Å². The van der Waals surface area contributed by atoms with Crippen LogP contribution in [0.1, 0.15) is 11.1 Å². The molecule has 2 rings (SSSR count). The summed E-state index contributed by atoms with van der Waals surface area (Å²) in [5, 5.41) is 14.4. The minimum atomic E-state index is -4.56. The maximum absolute atomic E-state index is 12.8. The van der Waals surface area contributed by atoms with Crippen molar-refractivity contribution in [3.8, 4) is 11.6 Å². The molecule has 8 heteroatoms. The van der Waals surface area contributed by atoms with Crippen LogP contribution in [-0.2, 0) is 6.18 Å². The Morgan fingerprint density at radius 3 is 2.55 bits per heavy atom. The highest BCUT2D eigenvalue weighted by molar-refractivity contribution is 5.96. The van der Waals surface area contributed by atoms with Crippen molar-refractivity contribution in [2.45, 2.75) is 6.18 Å². The summed E-state index contributed by atoms with van der Waals surface area (Å²) in [7, 11) is 0. The van der Waals surface area contributed by atoms with Gasteiger partial charge in [0.05, 0.1) is 17.3 Å². The van der Waals surface area contributed by atoms with Gasteiger partial charge in [0, 0.05) is 0 Å². The Bertz CT molecular complexity index is 643. The number of nitrogen functional groups attached to an aromatic ring is 1. The first-order chi connectivity index (χ1) is 9.39. The molecule has 0 aliphatic heterocycles. The first-order valence-electron chi connectivity index (χ1n) is 5.40. The van der Waals surface area contributed by atoms with Gasteiger partial charge >= 0.3 is 6.18 Å². The third-order valence-electron chi connectivity index (χ3n) is 2.38. The second-order valence-corrected chi connectivity index (χ2v) is 3.76. The lowest BCUT2D eigenvalue weighted by molar-refractivity contribution is -0.138. The molecule has 0 amide bonds. The third kappa shape index (κ3) is 2.85. The zero-order chi connectivity index (χ0) is 14.8. The molecule has 0 atom stereocenters. The summed E-state index contributed by atoms with van der Waals surface area (Å²) in [6, 6.07) is 6.02. The van der Waals surface area contributed by atoms with Gasteiger partial charge in [-0.15, -0.1) is 5.10 Å². The molecule has 0 aliphatic carbocycles. The summed E-state index contributed by atoms with van der Waals surface area (Å²) in [4.78, 5) is 0. The Morgan fingerprint density at radius 2 is 1.90 bits per heavy atom. The molecule has 1 heterocycles. The molecule has 0 radical (unpaired) electrons. The molecule has 20 heavy (non-hydrogen) atoms. The molecule has 3 N–H and O–H groups in total. The first kappa shape index (κ1) is 13.8. The Morgan fingerprint density at radius 1 is 1.20 bits per heavy atom. The van der Waals surface area contributed by atoms with Crippen molar-refractivity contribution in [2.75, 3.05) is 0 Å². The van der Waals surface area contributed by atoms with E-state index in [9.17, 15) is 13.2 Å². The lowest BCUT2D eigenvalue weighted by Crippen LogP contribution is -2.14. The highest BCUT2D eigenvalue weighted by atomic mass is 19.4. The fourth-order valence-corrected chi connectivity index (χ4v) is 1.49. The molecule has 1 aromatic heterocycles. The molecular weight excluding hydrogens is 273 g/mol. The van der Waals surface area contributed by atoms with E-state index in [-0.39, 0.29) is 17.3 Å². The number of amidine groups is 1. The summed E-state index contributed by atoms with van der Waals surface area (Å²) < 4.78 is 43.6. The highest BCUT2D eigenvalue weighted by Gasteiger charge is 2.34. The zero-order valence-corrected chi connectivity index (χ0v) is 9.98. The molecule has 0 saturated carbocycles. The number of alkyl halides is 3. The van der Waals surface area contributed by atoms with Gasteiger partial charge in [-0.2, -0.15) is 18.3 Å². The van der Waals surface area contributed by atoms with E-state index >= 15 is 0 Å². The maximum atomic E-state index is 12.8. The van der Waals surface area contributed by atoms with Gasteiger partial charge in [0.25, 0.3) is 0 Å². The predicted molar refractivity (Wildman–Crippen MR) is 64.6 cm³/mol. The van der Waals surface area contributed by atoms with Crippen molar-refractivity contribution in [1.29, 1.82) is 5.41 Å². The molecule has 1 aromatic carbocycles. The van der Waals surface area contributed by atoms with Crippen molar-refractivity contribution in [3.05, 3.63) is 47.7 Å². The van der Waals surface area contributed by atoms with Crippen LogP contribution in [0.15, 0.2) is 36.5 Å². The molecule has 0 saturated heterocycles. The van der Waals surface area contributed by atoms with E-state index in [2.05, 4.69) is 10.2 Å². The monoisotopic (exact) mass is 282 g/mol. The summed E-state index contributed by atoms with van der Waals surface area (Å²) >= 11 is 0. The lowest BCUT2D eigenvalue weighted by atomic mass is 10.2. The van der Waals surface area contributed by atoms with Crippen LogP contribution in [0.4, 0.5) is 13.2 Å². The smallest absolute Gasteiger partial charge is 0.419 e. The van der Waals surface area contributed by atoms with Crippen LogP contribution in [0.5, 0.6) is 11.6 Å². The molecule has 2 aromatic rings. The second kappa shape index (κ2) is 5.16. The van der Waals surface area contributed by atoms with Crippen LogP contribution >= 0.6 is 0 Å². The molecule has 0 spiro atoms. The number of hydrogen-bond acceptors (Lipinski definition) is 4. The number of nitrogens with zero attached hydrogens (tertiary/aromatic N) is 2. The number of ether oxygens (including phenoxy) is 1. The summed E-state index contributed by atoms with van der Waals surface area (Å²) in [6.45, 7) is 0. The van der Waals surface area contributed by atoms with Crippen molar-refractivity contribution in [2.24, 2.45) is 5.73 Å². The fraction of sp³-hybridized carbons (Fsp3) is 0.0833. The van der Waals surface area contributed by atoms with Crippen LogP contribution in [-0.4, -0.2) is 16.0 Å². The number of halogens is 3. The molecule has 5 nitrogen and oxygen atoms in total. The second-order valence-electron chi connectivity index (χ2n) is 3.76. The molecule has 0 aliphatic rings. The lowest BCUT2D eigenvalue weighted by Gasteiger charge is -2.13. The standard InChI is InChI=1S/C12H9F3N4O/c13-12(14,15)8-3-1-2-4-9(8)20-11-7(10(16)17)5-6-18-19-11/h1-6H,(H3,16,17). The van der Waals surface area contributed by atoms with E-state index < -0.39 is 17.5 Å². The van der Waals surface area contributed by atoms with Gasteiger partial charge in [0.1, 0.15) is 11.6 Å². The van der Waals surface area contributed by atoms with Gasteiger partial charge in [-0.3, -0.25) is 5.41 Å². The quantitative estimate of drug-likeness (QED) is 0.669. The SMILES string of the molecule is N=C(N)c1ccnnc1Oc1ccccc1C(F)(F)F. The molecule has 104 valence electrons. The van der Waals surface area contributed by atoms with E-state index in [0.29, 0.717) is 0 Å². The number of hydrogen-bond donors (Lipinski definition) is 2. The number of benzene rings is 1. The number of para-hydroxylation sites is 1. The Balaban J connectivity index is 2.44. The Hall–Kier alpha value is -2.64. The van der Waals surface area contributed by atoms with Crippen LogP contribution in [0.25, 0.3) is 0 Å². The summed E-state index contributed by atoms with van der Waals surface area (Å²) in [5.74, 6) is -1.06. The van der Waals surface area contributed by atoms with Gasteiger partial charge in [0.15, 0.2) is 0 Å². The molecule has 0 unspecified atom stereocenters. The Labute approximate surface area is 111 Å². The Kier molecular flexibility index (Phi) is 3.55. The van der Waals surface area contributed by atoms with E-state index in [0.717, 1.165) is 12.1 Å². The van der Waals surface area contributed by atoms with Gasteiger partial charge < -0.3 is 10.5 Å². The van der Waals surface area contributed by atoms with Crippen LogP contribution in [0.2, 0.25) is 0 Å². The average Bonchev–Trinajstić information content (AvgIpc) is 2.38. The zero-order valence-electron chi connectivity index (χ0n) is 9.98. The van der Waals surface area contributed by atoms with E-state index in [1.807, 2.05) is 0 Å². The minimum Gasteiger partial charge on any atom is -0.436 e. The van der Waals surface area contributed by atoms with Crippen LogP contribution in [0.3, 0.4) is 0 Å². The molecule has 0 fully saturated rings. The predicted octanol–water partition coefficient (Wildman–Crippen LogP) is 2.57. The number of rotatable bonds is 3. The fourth-order valence-electron chi connectivity index (χ4n) is 1.49. The number of nitrogens with two attached hydrogens (primary N) is 1. The van der Waals surface area contributed by atoms with Crippen LogP contribution in [0, 0.1) is 5.41 Å². The van der Waals surface area contributed by atoms with Gasteiger partial charge in [-0.05, 0) is 18.2 Å². The average molecular weight is 282 g/mol. The molecular formula is C12H9F3N4O. The van der Waals surface area contributed by atoms with Gasteiger partial charge in [0.2, 0.25) is 5.88 Å². The number of aromatic nitrogens is 2.